The Morgan fingerprint density at radius 1 is 1.33 bits per heavy atom. The molecule has 2 bridgehead atoms. The van der Waals surface area contributed by atoms with Crippen LogP contribution in [-0.2, 0) is 4.79 Å². The SMILES string of the molecule is CC1(C)C2CCC1(C)C(NC(=O)/C=C/c1nc3ccccc3o1)C2. The molecule has 1 amide bonds. The molecule has 4 rings (SSSR count). The first kappa shape index (κ1) is 15.4. The highest BCUT2D eigenvalue weighted by molar-refractivity contribution is 5.91. The van der Waals surface area contributed by atoms with Crippen LogP contribution in [0.1, 0.15) is 45.9 Å². The number of carbonyl (C=O) groups is 1. The molecule has 2 fully saturated rings. The molecule has 24 heavy (non-hydrogen) atoms. The number of hydrogen-bond acceptors (Lipinski definition) is 3. The van der Waals surface area contributed by atoms with Gasteiger partial charge in [-0.3, -0.25) is 4.79 Å². The Balaban J connectivity index is 1.46. The lowest BCUT2D eigenvalue weighted by molar-refractivity contribution is -0.118. The number of benzene rings is 1. The summed E-state index contributed by atoms with van der Waals surface area (Å²) in [5.41, 5.74) is 2.04. The van der Waals surface area contributed by atoms with Gasteiger partial charge in [0.1, 0.15) is 5.52 Å². The lowest BCUT2D eigenvalue weighted by Gasteiger charge is -2.39. The van der Waals surface area contributed by atoms with Crippen LogP contribution in [-0.4, -0.2) is 16.9 Å². The summed E-state index contributed by atoms with van der Waals surface area (Å²) in [4.78, 5) is 16.7. The van der Waals surface area contributed by atoms with Gasteiger partial charge in [0.15, 0.2) is 5.58 Å². The van der Waals surface area contributed by atoms with Crippen LogP contribution in [0.2, 0.25) is 0 Å². The van der Waals surface area contributed by atoms with Crippen molar-refractivity contribution in [2.24, 2.45) is 16.7 Å². The molecule has 2 aromatic rings. The Bertz CT molecular complexity index is 787. The molecule has 2 saturated carbocycles. The molecule has 3 unspecified atom stereocenters. The number of para-hydroxylation sites is 2. The summed E-state index contributed by atoms with van der Waals surface area (Å²) in [5, 5.41) is 3.22. The summed E-state index contributed by atoms with van der Waals surface area (Å²) in [7, 11) is 0. The van der Waals surface area contributed by atoms with E-state index in [9.17, 15) is 4.79 Å². The van der Waals surface area contributed by atoms with Gasteiger partial charge in [-0.1, -0.05) is 32.9 Å². The summed E-state index contributed by atoms with van der Waals surface area (Å²) >= 11 is 0. The second-order valence-corrected chi connectivity index (χ2v) is 8.02. The molecule has 1 heterocycles. The van der Waals surface area contributed by atoms with Gasteiger partial charge in [0.05, 0.1) is 0 Å². The number of rotatable bonds is 3. The van der Waals surface area contributed by atoms with Crippen molar-refractivity contribution in [1.29, 1.82) is 0 Å². The average Bonchev–Trinajstić information content (AvgIpc) is 3.11. The van der Waals surface area contributed by atoms with E-state index in [2.05, 4.69) is 31.1 Å². The summed E-state index contributed by atoms with van der Waals surface area (Å²) < 4.78 is 5.61. The molecule has 0 saturated heterocycles. The predicted octanol–water partition coefficient (Wildman–Crippen LogP) is 4.17. The molecule has 0 aliphatic heterocycles. The second kappa shape index (κ2) is 5.20. The van der Waals surface area contributed by atoms with Crippen molar-refractivity contribution < 1.29 is 9.21 Å². The lowest BCUT2D eigenvalue weighted by atomic mass is 9.69. The highest BCUT2D eigenvalue weighted by Crippen LogP contribution is 2.65. The van der Waals surface area contributed by atoms with Crippen molar-refractivity contribution in [3.8, 4) is 0 Å². The van der Waals surface area contributed by atoms with Crippen molar-refractivity contribution in [2.45, 2.75) is 46.1 Å². The minimum Gasteiger partial charge on any atom is -0.437 e. The average molecular weight is 324 g/mol. The Labute approximate surface area is 142 Å². The molecule has 4 heteroatoms. The van der Waals surface area contributed by atoms with Crippen molar-refractivity contribution in [1.82, 2.24) is 10.3 Å². The van der Waals surface area contributed by atoms with Gasteiger partial charge in [0.25, 0.3) is 0 Å². The maximum absolute atomic E-state index is 12.3. The van der Waals surface area contributed by atoms with Crippen molar-refractivity contribution in [3.63, 3.8) is 0 Å². The first-order chi connectivity index (χ1) is 11.4. The Morgan fingerprint density at radius 2 is 2.12 bits per heavy atom. The number of nitrogens with zero attached hydrogens (tertiary/aromatic N) is 1. The Morgan fingerprint density at radius 3 is 2.79 bits per heavy atom. The lowest BCUT2D eigenvalue weighted by Crippen LogP contribution is -2.46. The van der Waals surface area contributed by atoms with Gasteiger partial charge in [0.2, 0.25) is 11.8 Å². The van der Waals surface area contributed by atoms with Crippen molar-refractivity contribution >= 4 is 23.1 Å². The van der Waals surface area contributed by atoms with E-state index in [0.717, 1.165) is 17.5 Å². The monoisotopic (exact) mass is 324 g/mol. The maximum Gasteiger partial charge on any atom is 0.244 e. The van der Waals surface area contributed by atoms with E-state index in [-0.39, 0.29) is 17.4 Å². The van der Waals surface area contributed by atoms with Crippen LogP contribution in [0, 0.1) is 16.7 Å². The molecular weight excluding hydrogens is 300 g/mol. The Hall–Kier alpha value is -2.10. The molecule has 2 aliphatic rings. The molecule has 3 atom stereocenters. The highest BCUT2D eigenvalue weighted by Gasteiger charge is 2.61. The largest absolute Gasteiger partial charge is 0.437 e. The fourth-order valence-corrected chi connectivity index (χ4v) is 4.75. The fraction of sp³-hybridized carbons (Fsp3) is 0.500. The summed E-state index contributed by atoms with van der Waals surface area (Å²) in [6.45, 7) is 7.03. The number of fused-ring (bicyclic) bond motifs is 3. The zero-order chi connectivity index (χ0) is 16.9. The number of hydrogen-bond donors (Lipinski definition) is 1. The number of amides is 1. The van der Waals surface area contributed by atoms with Gasteiger partial charge in [0, 0.05) is 18.2 Å². The fourth-order valence-electron chi connectivity index (χ4n) is 4.75. The predicted molar refractivity (Wildman–Crippen MR) is 94.2 cm³/mol. The molecule has 126 valence electrons. The van der Waals surface area contributed by atoms with Crippen molar-refractivity contribution in [2.75, 3.05) is 0 Å². The molecule has 1 aromatic heterocycles. The van der Waals surface area contributed by atoms with Crippen LogP contribution >= 0.6 is 0 Å². The third-order valence-corrected chi connectivity index (χ3v) is 6.80. The van der Waals surface area contributed by atoms with E-state index in [1.807, 2.05) is 24.3 Å². The maximum atomic E-state index is 12.3. The molecule has 1 aromatic carbocycles. The van der Waals surface area contributed by atoms with Crippen molar-refractivity contribution in [3.05, 3.63) is 36.2 Å². The molecule has 0 radical (unpaired) electrons. The first-order valence-electron chi connectivity index (χ1n) is 8.74. The number of oxazole rings is 1. The number of nitrogens with one attached hydrogen (secondary N) is 1. The van der Waals surface area contributed by atoms with Crippen LogP contribution < -0.4 is 5.32 Å². The molecule has 0 spiro atoms. The van der Waals surface area contributed by atoms with Gasteiger partial charge in [-0.25, -0.2) is 4.98 Å². The van der Waals surface area contributed by atoms with Crippen LogP contribution in [0.15, 0.2) is 34.8 Å². The Kier molecular flexibility index (Phi) is 3.34. The van der Waals surface area contributed by atoms with Gasteiger partial charge in [-0.05, 0) is 48.1 Å². The van der Waals surface area contributed by atoms with Crippen LogP contribution in [0.5, 0.6) is 0 Å². The topological polar surface area (TPSA) is 55.1 Å². The smallest absolute Gasteiger partial charge is 0.244 e. The second-order valence-electron chi connectivity index (χ2n) is 8.02. The summed E-state index contributed by atoms with van der Waals surface area (Å²) in [6, 6.07) is 7.85. The molecular formula is C20H24N2O2. The normalized spacial score (nSPS) is 31.1. The van der Waals surface area contributed by atoms with Crippen LogP contribution in [0.25, 0.3) is 17.2 Å². The quantitative estimate of drug-likeness (QED) is 0.862. The minimum atomic E-state index is -0.0631. The summed E-state index contributed by atoms with van der Waals surface area (Å²) in [5.74, 6) is 1.12. The highest BCUT2D eigenvalue weighted by atomic mass is 16.3. The van der Waals surface area contributed by atoms with E-state index in [1.165, 1.54) is 18.9 Å². The summed E-state index contributed by atoms with van der Waals surface area (Å²) in [6.07, 6.45) is 6.76. The third kappa shape index (κ3) is 2.20. The van der Waals surface area contributed by atoms with E-state index in [0.29, 0.717) is 17.2 Å². The van der Waals surface area contributed by atoms with Gasteiger partial charge in [-0.2, -0.15) is 0 Å². The molecule has 2 aliphatic carbocycles. The van der Waals surface area contributed by atoms with Crippen LogP contribution in [0.3, 0.4) is 0 Å². The van der Waals surface area contributed by atoms with Gasteiger partial charge >= 0.3 is 0 Å². The van der Waals surface area contributed by atoms with E-state index < -0.39 is 0 Å². The van der Waals surface area contributed by atoms with Gasteiger partial charge in [-0.15, -0.1) is 0 Å². The third-order valence-electron chi connectivity index (χ3n) is 6.80. The number of aromatic nitrogens is 1. The van der Waals surface area contributed by atoms with Crippen LogP contribution in [0.4, 0.5) is 0 Å². The van der Waals surface area contributed by atoms with E-state index >= 15 is 0 Å². The zero-order valence-corrected chi connectivity index (χ0v) is 14.5. The minimum absolute atomic E-state index is 0.0631. The molecule has 4 nitrogen and oxygen atoms in total. The van der Waals surface area contributed by atoms with Gasteiger partial charge < -0.3 is 9.73 Å². The number of carbonyl (C=O) groups excluding carboxylic acids is 1. The first-order valence-corrected chi connectivity index (χ1v) is 8.74. The molecule has 1 N–H and O–H groups in total. The van der Waals surface area contributed by atoms with E-state index in [1.54, 1.807) is 6.08 Å². The standard InChI is InChI=1S/C20H24N2O2/c1-19(2)13-10-11-20(19,3)16(12-13)22-17(23)8-9-18-21-14-6-4-5-7-15(14)24-18/h4-9,13,16H,10-12H2,1-3H3,(H,22,23)/b9-8+. The zero-order valence-electron chi connectivity index (χ0n) is 14.5. The van der Waals surface area contributed by atoms with E-state index in [4.69, 9.17) is 4.42 Å².